The molecule has 32 heavy (non-hydrogen) atoms. The highest BCUT2D eigenvalue weighted by Crippen LogP contribution is 2.30. The lowest BCUT2D eigenvalue weighted by atomic mass is 10.1. The van der Waals surface area contributed by atoms with Gasteiger partial charge in [-0.2, -0.15) is 5.10 Å². The number of aryl methyl sites for hydroxylation is 1. The molecular formula is C24H21Cl3N2O3. The van der Waals surface area contributed by atoms with Crippen molar-refractivity contribution in [2.75, 3.05) is 6.61 Å². The van der Waals surface area contributed by atoms with Crippen LogP contribution < -0.4 is 14.9 Å². The molecule has 5 nitrogen and oxygen atoms in total. The van der Waals surface area contributed by atoms with Crippen molar-refractivity contribution in [2.24, 2.45) is 5.10 Å². The largest absolute Gasteiger partial charge is 0.490 e. The van der Waals surface area contributed by atoms with Gasteiger partial charge in [0.15, 0.2) is 11.5 Å². The van der Waals surface area contributed by atoms with E-state index in [9.17, 15) is 4.79 Å². The molecule has 1 amide bonds. The molecular weight excluding hydrogens is 471 g/mol. The Kier molecular flexibility index (Phi) is 8.39. The number of carbonyl (C=O) groups excluding carboxylic acids is 1. The van der Waals surface area contributed by atoms with Gasteiger partial charge in [0.25, 0.3) is 5.91 Å². The molecule has 0 spiro atoms. The molecule has 0 heterocycles. The van der Waals surface area contributed by atoms with Gasteiger partial charge in [0.1, 0.15) is 6.61 Å². The topological polar surface area (TPSA) is 59.9 Å². The van der Waals surface area contributed by atoms with Crippen LogP contribution in [0.15, 0.2) is 59.7 Å². The lowest BCUT2D eigenvalue weighted by Crippen LogP contribution is -2.17. The molecule has 3 aromatic carbocycles. The van der Waals surface area contributed by atoms with Crippen LogP contribution in [0.1, 0.15) is 34.0 Å². The van der Waals surface area contributed by atoms with Gasteiger partial charge < -0.3 is 9.47 Å². The number of halogens is 3. The number of amides is 1. The van der Waals surface area contributed by atoms with E-state index >= 15 is 0 Å². The zero-order valence-electron chi connectivity index (χ0n) is 17.5. The minimum atomic E-state index is -0.354. The maximum absolute atomic E-state index is 12.2. The Morgan fingerprint density at radius 2 is 1.78 bits per heavy atom. The molecule has 3 rings (SSSR count). The second-order valence-electron chi connectivity index (χ2n) is 6.83. The molecule has 0 aliphatic carbocycles. The molecule has 3 aromatic rings. The first-order valence-corrected chi connectivity index (χ1v) is 10.9. The summed E-state index contributed by atoms with van der Waals surface area (Å²) in [4.78, 5) is 12.2. The van der Waals surface area contributed by atoms with Gasteiger partial charge >= 0.3 is 0 Å². The number of nitrogens with one attached hydrogen (secondary N) is 1. The SMILES string of the molecule is CCOc1cc(/C=N\NC(=O)c2ccc(C)c(Cl)c2)ccc1OCc1ccc(Cl)cc1Cl. The van der Waals surface area contributed by atoms with Crippen LogP contribution in [0, 0.1) is 6.92 Å². The van der Waals surface area contributed by atoms with Crippen molar-refractivity contribution < 1.29 is 14.3 Å². The number of benzene rings is 3. The number of carbonyl (C=O) groups is 1. The molecule has 0 atom stereocenters. The molecule has 0 aromatic heterocycles. The third kappa shape index (κ3) is 6.39. The van der Waals surface area contributed by atoms with Crippen molar-refractivity contribution in [1.82, 2.24) is 5.43 Å². The molecule has 0 saturated heterocycles. The second kappa shape index (κ2) is 11.2. The highest BCUT2D eigenvalue weighted by Gasteiger charge is 2.09. The van der Waals surface area contributed by atoms with Gasteiger partial charge in [-0.15, -0.1) is 0 Å². The van der Waals surface area contributed by atoms with Crippen LogP contribution in [0.5, 0.6) is 11.5 Å². The van der Waals surface area contributed by atoms with Crippen molar-refractivity contribution >= 4 is 46.9 Å². The van der Waals surface area contributed by atoms with Crippen LogP contribution in [-0.2, 0) is 6.61 Å². The van der Waals surface area contributed by atoms with Gasteiger partial charge in [0, 0.05) is 26.2 Å². The Morgan fingerprint density at radius 3 is 2.50 bits per heavy atom. The molecule has 166 valence electrons. The van der Waals surface area contributed by atoms with E-state index < -0.39 is 0 Å². The Morgan fingerprint density at radius 1 is 0.969 bits per heavy atom. The maximum atomic E-state index is 12.2. The summed E-state index contributed by atoms with van der Waals surface area (Å²) in [6.45, 7) is 4.48. The van der Waals surface area contributed by atoms with E-state index in [4.69, 9.17) is 44.3 Å². The van der Waals surface area contributed by atoms with Gasteiger partial charge in [0.2, 0.25) is 0 Å². The van der Waals surface area contributed by atoms with E-state index in [1.54, 1.807) is 48.5 Å². The molecule has 0 aliphatic heterocycles. The molecule has 0 bridgehead atoms. The highest BCUT2D eigenvalue weighted by molar-refractivity contribution is 6.35. The first kappa shape index (κ1) is 23.9. The molecule has 1 N–H and O–H groups in total. The van der Waals surface area contributed by atoms with Crippen LogP contribution >= 0.6 is 34.8 Å². The molecule has 0 radical (unpaired) electrons. The van der Waals surface area contributed by atoms with Crippen molar-refractivity contribution in [3.63, 3.8) is 0 Å². The first-order chi connectivity index (χ1) is 15.4. The van der Waals surface area contributed by atoms with E-state index in [1.807, 2.05) is 19.9 Å². The van der Waals surface area contributed by atoms with Crippen molar-refractivity contribution in [1.29, 1.82) is 0 Å². The monoisotopic (exact) mass is 490 g/mol. The zero-order valence-corrected chi connectivity index (χ0v) is 19.8. The summed E-state index contributed by atoms with van der Waals surface area (Å²) in [6, 6.07) is 15.7. The second-order valence-corrected chi connectivity index (χ2v) is 8.08. The van der Waals surface area contributed by atoms with Crippen molar-refractivity contribution in [3.05, 3.63) is 91.9 Å². The number of hydrogen-bond acceptors (Lipinski definition) is 4. The summed E-state index contributed by atoms with van der Waals surface area (Å²) < 4.78 is 11.6. The van der Waals surface area contributed by atoms with Crippen molar-refractivity contribution in [2.45, 2.75) is 20.5 Å². The summed E-state index contributed by atoms with van der Waals surface area (Å²) in [6.07, 6.45) is 1.52. The highest BCUT2D eigenvalue weighted by atomic mass is 35.5. The summed E-state index contributed by atoms with van der Waals surface area (Å²) in [5.41, 5.74) is 5.36. The zero-order chi connectivity index (χ0) is 23.1. The van der Waals surface area contributed by atoms with Gasteiger partial charge in [-0.25, -0.2) is 5.43 Å². The van der Waals surface area contributed by atoms with Crippen LogP contribution in [0.25, 0.3) is 0 Å². The minimum Gasteiger partial charge on any atom is -0.490 e. The summed E-state index contributed by atoms with van der Waals surface area (Å²) in [5, 5.41) is 5.64. The molecule has 8 heteroatoms. The fourth-order valence-electron chi connectivity index (χ4n) is 2.75. The summed E-state index contributed by atoms with van der Waals surface area (Å²) in [5.74, 6) is 0.763. The van der Waals surface area contributed by atoms with Crippen LogP contribution in [0.3, 0.4) is 0 Å². The molecule has 0 fully saturated rings. The number of nitrogens with zero attached hydrogens (tertiary/aromatic N) is 1. The predicted molar refractivity (Wildman–Crippen MR) is 130 cm³/mol. The van der Waals surface area contributed by atoms with Gasteiger partial charge in [0.05, 0.1) is 12.8 Å². The third-order valence-corrected chi connectivity index (χ3v) is 5.47. The molecule has 0 saturated carbocycles. The van der Waals surface area contributed by atoms with Gasteiger partial charge in [-0.1, -0.05) is 46.9 Å². The average Bonchev–Trinajstić information content (AvgIpc) is 2.76. The Balaban J connectivity index is 1.67. The maximum Gasteiger partial charge on any atom is 0.271 e. The number of hydrogen-bond donors (Lipinski definition) is 1. The summed E-state index contributed by atoms with van der Waals surface area (Å²) >= 11 is 18.2. The van der Waals surface area contributed by atoms with Crippen molar-refractivity contribution in [3.8, 4) is 11.5 Å². The standard InChI is InChI=1S/C24H21Cl3N2O3/c1-3-31-23-10-16(13-28-29-24(30)17-6-4-15(2)20(26)11-17)5-9-22(23)32-14-18-7-8-19(25)12-21(18)27/h4-13H,3,14H2,1-2H3,(H,29,30)/b28-13-. The Labute approximate surface area is 201 Å². The smallest absolute Gasteiger partial charge is 0.271 e. The lowest BCUT2D eigenvalue weighted by Gasteiger charge is -2.13. The number of ether oxygens (including phenoxy) is 2. The lowest BCUT2D eigenvalue weighted by molar-refractivity contribution is 0.0955. The fraction of sp³-hybridized carbons (Fsp3) is 0.167. The molecule has 0 unspecified atom stereocenters. The average molecular weight is 492 g/mol. The van der Waals surface area contributed by atoms with Crippen LogP contribution in [0.4, 0.5) is 0 Å². The van der Waals surface area contributed by atoms with E-state index in [2.05, 4.69) is 10.5 Å². The van der Waals surface area contributed by atoms with E-state index in [0.29, 0.717) is 38.7 Å². The quantitative estimate of drug-likeness (QED) is 0.282. The van der Waals surface area contributed by atoms with Crippen LogP contribution in [0.2, 0.25) is 15.1 Å². The number of hydrazone groups is 1. The Bertz CT molecular complexity index is 1150. The summed E-state index contributed by atoms with van der Waals surface area (Å²) in [7, 11) is 0. The van der Waals surface area contributed by atoms with Crippen LogP contribution in [-0.4, -0.2) is 18.7 Å². The first-order valence-electron chi connectivity index (χ1n) is 9.80. The fourth-order valence-corrected chi connectivity index (χ4v) is 3.39. The number of rotatable bonds is 8. The van der Waals surface area contributed by atoms with Gasteiger partial charge in [-0.05, 0) is 67.4 Å². The van der Waals surface area contributed by atoms with E-state index in [1.165, 1.54) is 6.21 Å². The minimum absolute atomic E-state index is 0.263. The molecule has 0 aliphatic rings. The van der Waals surface area contributed by atoms with E-state index in [0.717, 1.165) is 16.7 Å². The van der Waals surface area contributed by atoms with E-state index in [-0.39, 0.29) is 12.5 Å². The van der Waals surface area contributed by atoms with Gasteiger partial charge in [-0.3, -0.25) is 4.79 Å². The Hall–Kier alpha value is -2.73. The normalized spacial score (nSPS) is 10.9. The predicted octanol–water partition coefficient (Wildman–Crippen LogP) is 6.70. The third-order valence-electron chi connectivity index (χ3n) is 4.48.